The van der Waals surface area contributed by atoms with E-state index in [9.17, 15) is 4.79 Å². The molecule has 0 spiro atoms. The molecule has 96 valence electrons. The first kappa shape index (κ1) is 11.9. The van der Waals surface area contributed by atoms with Gasteiger partial charge in [-0.05, 0) is 24.4 Å². The lowest BCUT2D eigenvalue weighted by Crippen LogP contribution is -2.22. The van der Waals surface area contributed by atoms with Gasteiger partial charge in [-0.1, -0.05) is 12.1 Å². The molecule has 0 bridgehead atoms. The molecule has 0 saturated carbocycles. The number of aryl methyl sites for hydroxylation is 1. The second-order valence-corrected chi connectivity index (χ2v) is 4.78. The van der Waals surface area contributed by atoms with E-state index in [0.29, 0.717) is 16.7 Å². The molecule has 3 rings (SSSR count). The van der Waals surface area contributed by atoms with E-state index >= 15 is 0 Å². The van der Waals surface area contributed by atoms with Crippen molar-refractivity contribution in [2.45, 2.75) is 6.54 Å². The lowest BCUT2D eigenvalue weighted by molar-refractivity contribution is 0.730. The molecule has 6 heteroatoms. The maximum absolute atomic E-state index is 12.4. The van der Waals surface area contributed by atoms with E-state index in [2.05, 4.69) is 10.1 Å². The van der Waals surface area contributed by atoms with Crippen LogP contribution in [0, 0.1) is 4.77 Å². The van der Waals surface area contributed by atoms with Gasteiger partial charge >= 0.3 is 0 Å². The number of H-pyrrole nitrogens is 1. The minimum Gasteiger partial charge on any atom is -0.332 e. The number of aromatic amines is 1. The van der Waals surface area contributed by atoms with Crippen LogP contribution in [0.25, 0.3) is 10.9 Å². The van der Waals surface area contributed by atoms with Crippen molar-refractivity contribution in [3.63, 3.8) is 0 Å². The standard InChI is InChI=1S/C13H12N4OS/c1-16-7-9(6-14-16)8-17-12(18)10-4-2-3-5-11(10)15-13(17)19/h2-7H,8H2,1H3,(H,15,19). The number of nitrogens with zero attached hydrogens (tertiary/aromatic N) is 3. The predicted octanol–water partition coefficient (Wildman–Crippen LogP) is 1.84. The second kappa shape index (κ2) is 4.47. The molecule has 2 aromatic heterocycles. The third kappa shape index (κ3) is 2.10. The highest BCUT2D eigenvalue weighted by Crippen LogP contribution is 2.07. The maximum atomic E-state index is 12.4. The summed E-state index contributed by atoms with van der Waals surface area (Å²) in [6.45, 7) is 0.423. The second-order valence-electron chi connectivity index (χ2n) is 4.39. The van der Waals surface area contributed by atoms with E-state index < -0.39 is 0 Å². The molecule has 0 saturated heterocycles. The molecule has 1 N–H and O–H groups in total. The SMILES string of the molecule is Cn1cc(Cn2c(=S)[nH]c3ccccc3c2=O)cn1. The van der Waals surface area contributed by atoms with Crippen molar-refractivity contribution < 1.29 is 0 Å². The summed E-state index contributed by atoms with van der Waals surface area (Å²) in [5, 5.41) is 4.73. The Morgan fingerprint density at radius 2 is 2.16 bits per heavy atom. The van der Waals surface area contributed by atoms with Crippen LogP contribution >= 0.6 is 12.2 Å². The fourth-order valence-corrected chi connectivity index (χ4v) is 2.34. The van der Waals surface area contributed by atoms with Gasteiger partial charge in [-0.3, -0.25) is 14.0 Å². The van der Waals surface area contributed by atoms with Gasteiger partial charge in [0.25, 0.3) is 5.56 Å². The summed E-state index contributed by atoms with van der Waals surface area (Å²) in [5.74, 6) is 0. The summed E-state index contributed by atoms with van der Waals surface area (Å²) in [6, 6.07) is 7.36. The van der Waals surface area contributed by atoms with Crippen LogP contribution in [0.2, 0.25) is 0 Å². The molecule has 0 atom stereocenters. The summed E-state index contributed by atoms with van der Waals surface area (Å²) in [5.41, 5.74) is 1.63. The first-order valence-electron chi connectivity index (χ1n) is 5.84. The molecule has 0 aliphatic carbocycles. The smallest absolute Gasteiger partial charge is 0.262 e. The van der Waals surface area contributed by atoms with Gasteiger partial charge in [0.15, 0.2) is 4.77 Å². The summed E-state index contributed by atoms with van der Waals surface area (Å²) in [7, 11) is 1.84. The van der Waals surface area contributed by atoms with Crippen LogP contribution in [0.15, 0.2) is 41.5 Å². The molecule has 0 aliphatic rings. The quantitative estimate of drug-likeness (QED) is 0.724. The number of nitrogens with one attached hydrogen (secondary N) is 1. The Labute approximate surface area is 114 Å². The van der Waals surface area contributed by atoms with Crippen LogP contribution in [0.3, 0.4) is 0 Å². The van der Waals surface area contributed by atoms with Crippen molar-refractivity contribution in [3.8, 4) is 0 Å². The van der Waals surface area contributed by atoms with Crippen molar-refractivity contribution in [2.75, 3.05) is 0 Å². The average molecular weight is 272 g/mol. The highest BCUT2D eigenvalue weighted by Gasteiger charge is 2.06. The summed E-state index contributed by atoms with van der Waals surface area (Å²) in [6.07, 6.45) is 3.60. The minimum absolute atomic E-state index is 0.0804. The van der Waals surface area contributed by atoms with Gasteiger partial charge in [-0.15, -0.1) is 0 Å². The Hall–Kier alpha value is -2.21. The number of para-hydroxylation sites is 1. The third-order valence-corrected chi connectivity index (χ3v) is 3.31. The normalized spacial score (nSPS) is 11.0. The van der Waals surface area contributed by atoms with Gasteiger partial charge in [0.1, 0.15) is 0 Å². The fourth-order valence-electron chi connectivity index (χ4n) is 2.08. The van der Waals surface area contributed by atoms with Gasteiger partial charge in [0, 0.05) is 18.8 Å². The first-order valence-corrected chi connectivity index (χ1v) is 6.25. The summed E-state index contributed by atoms with van der Waals surface area (Å²) in [4.78, 5) is 15.5. The average Bonchev–Trinajstić information content (AvgIpc) is 2.80. The van der Waals surface area contributed by atoms with E-state index in [1.165, 1.54) is 0 Å². The molecule has 3 aromatic rings. The van der Waals surface area contributed by atoms with Gasteiger partial charge < -0.3 is 4.98 Å². The highest BCUT2D eigenvalue weighted by molar-refractivity contribution is 7.71. The molecular formula is C13H12N4OS. The number of hydrogen-bond acceptors (Lipinski definition) is 3. The zero-order chi connectivity index (χ0) is 13.4. The first-order chi connectivity index (χ1) is 9.15. The Kier molecular flexibility index (Phi) is 2.79. The number of hydrogen-bond donors (Lipinski definition) is 1. The molecule has 0 aliphatic heterocycles. The molecule has 2 heterocycles. The number of benzene rings is 1. The molecule has 1 aromatic carbocycles. The number of fused-ring (bicyclic) bond motifs is 1. The Morgan fingerprint density at radius 1 is 1.37 bits per heavy atom. The van der Waals surface area contributed by atoms with Crippen LogP contribution < -0.4 is 5.56 Å². The van der Waals surface area contributed by atoms with Gasteiger partial charge in [0.2, 0.25) is 0 Å². The predicted molar refractivity (Wildman–Crippen MR) is 75.7 cm³/mol. The van der Waals surface area contributed by atoms with Crippen LogP contribution in [0.5, 0.6) is 0 Å². The van der Waals surface area contributed by atoms with E-state index in [4.69, 9.17) is 12.2 Å². The third-order valence-electron chi connectivity index (χ3n) is 2.99. The Balaban J connectivity index is 2.18. The maximum Gasteiger partial charge on any atom is 0.262 e. The van der Waals surface area contributed by atoms with Crippen LogP contribution in [0.1, 0.15) is 5.56 Å². The molecule has 5 nitrogen and oxygen atoms in total. The largest absolute Gasteiger partial charge is 0.332 e. The van der Waals surface area contributed by atoms with Gasteiger partial charge in [0.05, 0.1) is 23.6 Å². The molecule has 0 amide bonds. The topological polar surface area (TPSA) is 55.6 Å². The van der Waals surface area contributed by atoms with Crippen molar-refractivity contribution >= 4 is 23.1 Å². The molecular weight excluding hydrogens is 260 g/mol. The van der Waals surface area contributed by atoms with E-state index in [1.807, 2.05) is 31.4 Å². The van der Waals surface area contributed by atoms with Crippen LogP contribution in [-0.4, -0.2) is 19.3 Å². The minimum atomic E-state index is -0.0804. The van der Waals surface area contributed by atoms with Crippen molar-refractivity contribution in [2.24, 2.45) is 7.05 Å². The van der Waals surface area contributed by atoms with E-state index in [0.717, 1.165) is 11.1 Å². The molecule has 0 unspecified atom stereocenters. The number of rotatable bonds is 2. The fraction of sp³-hybridized carbons (Fsp3) is 0.154. The summed E-state index contributed by atoms with van der Waals surface area (Å²) < 4.78 is 3.68. The molecule has 0 fully saturated rings. The van der Waals surface area contributed by atoms with Crippen molar-refractivity contribution in [1.29, 1.82) is 0 Å². The van der Waals surface area contributed by atoms with Crippen LogP contribution in [-0.2, 0) is 13.6 Å². The lowest BCUT2D eigenvalue weighted by atomic mass is 10.2. The molecule has 19 heavy (non-hydrogen) atoms. The lowest BCUT2D eigenvalue weighted by Gasteiger charge is -2.06. The monoisotopic (exact) mass is 272 g/mol. The van der Waals surface area contributed by atoms with Gasteiger partial charge in [-0.2, -0.15) is 5.10 Å². The van der Waals surface area contributed by atoms with Crippen molar-refractivity contribution in [3.05, 3.63) is 57.3 Å². The van der Waals surface area contributed by atoms with Crippen LogP contribution in [0.4, 0.5) is 0 Å². The summed E-state index contributed by atoms with van der Waals surface area (Å²) >= 11 is 5.25. The van der Waals surface area contributed by atoms with Crippen molar-refractivity contribution in [1.82, 2.24) is 19.3 Å². The highest BCUT2D eigenvalue weighted by atomic mass is 32.1. The Morgan fingerprint density at radius 3 is 2.89 bits per heavy atom. The van der Waals surface area contributed by atoms with Gasteiger partial charge in [-0.25, -0.2) is 0 Å². The Bertz CT molecular complexity index is 859. The van der Waals surface area contributed by atoms with E-state index in [1.54, 1.807) is 21.5 Å². The number of aromatic nitrogens is 4. The zero-order valence-electron chi connectivity index (χ0n) is 10.3. The molecule has 0 radical (unpaired) electrons. The zero-order valence-corrected chi connectivity index (χ0v) is 11.1. The van der Waals surface area contributed by atoms with E-state index in [-0.39, 0.29) is 5.56 Å².